The third kappa shape index (κ3) is 6.77. The first kappa shape index (κ1) is 29.4. The smallest absolute Gasteiger partial charge is 0.405 e. The molecule has 2 amide bonds. The van der Waals surface area contributed by atoms with Crippen molar-refractivity contribution in [3.8, 4) is 16.9 Å². The molecule has 0 spiro atoms. The highest BCUT2D eigenvalue weighted by Gasteiger charge is 2.35. The molecule has 1 atom stereocenters. The molecular formula is C27H22F6N4O4. The first-order chi connectivity index (χ1) is 19.3. The van der Waals surface area contributed by atoms with Crippen LogP contribution in [0.1, 0.15) is 32.0 Å². The Morgan fingerprint density at radius 2 is 1.66 bits per heavy atom. The number of carbonyl (C=O) groups is 2. The number of halogens is 6. The average Bonchev–Trinajstić information content (AvgIpc) is 3.33. The predicted octanol–water partition coefficient (Wildman–Crippen LogP) is 4.84. The Labute approximate surface area is 228 Å². The van der Waals surface area contributed by atoms with Gasteiger partial charge in [-0.15, -0.1) is 13.2 Å². The van der Waals surface area contributed by atoms with Gasteiger partial charge in [0.25, 0.3) is 11.8 Å². The number of ether oxygens (including phenoxy) is 1. The maximum atomic E-state index is 13.3. The van der Waals surface area contributed by atoms with E-state index in [1.807, 2.05) is 0 Å². The minimum Gasteiger partial charge on any atom is -0.405 e. The maximum absolute atomic E-state index is 13.3. The molecule has 3 aromatic carbocycles. The number of fused-ring (bicyclic) bond motifs is 1. The van der Waals surface area contributed by atoms with Crippen LogP contribution in [0.25, 0.3) is 22.0 Å². The molecular weight excluding hydrogens is 558 g/mol. The van der Waals surface area contributed by atoms with Crippen molar-refractivity contribution in [2.45, 2.75) is 25.0 Å². The number of hydrogen-bond donors (Lipinski definition) is 4. The Hall–Kier alpha value is -4.59. The number of nitrogens with zero attached hydrogens (tertiary/aromatic N) is 1. The largest absolute Gasteiger partial charge is 0.573 e. The molecule has 0 bridgehead atoms. The summed E-state index contributed by atoms with van der Waals surface area (Å²) >= 11 is 0. The number of para-hydroxylation sites is 1. The van der Waals surface area contributed by atoms with Crippen molar-refractivity contribution in [3.63, 3.8) is 0 Å². The van der Waals surface area contributed by atoms with Gasteiger partial charge >= 0.3 is 12.5 Å². The van der Waals surface area contributed by atoms with Gasteiger partial charge in [0.2, 0.25) is 0 Å². The van der Waals surface area contributed by atoms with Crippen LogP contribution in [0.3, 0.4) is 0 Å². The van der Waals surface area contributed by atoms with E-state index in [1.165, 1.54) is 37.4 Å². The van der Waals surface area contributed by atoms with Crippen LogP contribution in [0.4, 0.5) is 26.3 Å². The van der Waals surface area contributed by atoms with E-state index >= 15 is 0 Å². The van der Waals surface area contributed by atoms with Gasteiger partial charge in [0.05, 0.1) is 23.8 Å². The molecule has 0 aliphatic carbocycles. The van der Waals surface area contributed by atoms with Gasteiger partial charge in [-0.1, -0.05) is 30.3 Å². The third-order valence-corrected chi connectivity index (χ3v) is 6.13. The number of hydrogen-bond acceptors (Lipinski definition) is 5. The average molecular weight is 580 g/mol. The SMILES string of the molecule is CNC(=O)c1ccc(-c2ccc(OC(F)(F)F)c(C(=O)NC(CO)Cc3[nH]nc4c(C(F)(F)F)cccc34)c2)cc1. The Bertz CT molecular complexity index is 1570. The first-order valence-corrected chi connectivity index (χ1v) is 12.0. The van der Waals surface area contributed by atoms with Crippen molar-refractivity contribution < 1.29 is 45.8 Å². The highest BCUT2D eigenvalue weighted by atomic mass is 19.4. The second-order valence-corrected chi connectivity index (χ2v) is 8.87. The fourth-order valence-corrected chi connectivity index (χ4v) is 4.21. The quantitative estimate of drug-likeness (QED) is 0.223. The number of aromatic amines is 1. The molecule has 216 valence electrons. The minimum absolute atomic E-state index is 0.107. The molecule has 0 aliphatic rings. The van der Waals surface area contributed by atoms with E-state index in [0.29, 0.717) is 16.7 Å². The van der Waals surface area contributed by atoms with Crippen molar-refractivity contribution in [3.05, 3.63) is 83.0 Å². The molecule has 4 aromatic rings. The lowest BCUT2D eigenvalue weighted by Gasteiger charge is -2.19. The van der Waals surface area contributed by atoms with Gasteiger partial charge in [0, 0.05) is 30.1 Å². The molecule has 41 heavy (non-hydrogen) atoms. The summed E-state index contributed by atoms with van der Waals surface area (Å²) in [6, 6.07) is 11.8. The molecule has 0 aliphatic heterocycles. The summed E-state index contributed by atoms with van der Waals surface area (Å²) in [6.07, 6.45) is -10.00. The number of alkyl halides is 6. The van der Waals surface area contributed by atoms with Crippen molar-refractivity contribution in [2.24, 2.45) is 0 Å². The van der Waals surface area contributed by atoms with Gasteiger partial charge in [-0.05, 0) is 41.5 Å². The van der Waals surface area contributed by atoms with Crippen molar-refractivity contribution >= 4 is 22.7 Å². The zero-order valence-electron chi connectivity index (χ0n) is 21.2. The van der Waals surface area contributed by atoms with Crippen molar-refractivity contribution in [1.29, 1.82) is 0 Å². The fraction of sp³-hybridized carbons (Fsp3) is 0.222. The molecule has 1 heterocycles. The standard InChI is InChI=1S/C27H22F6N4O4/c1-34-24(39)15-7-5-14(6-8-15)16-9-10-22(41-27(31,32)33)19(11-16)25(40)35-17(13-38)12-21-18-3-2-4-20(26(28,29)30)23(18)37-36-21/h2-11,17,38H,12-13H2,1H3,(H,34,39)(H,35,40)(H,36,37). The van der Waals surface area contributed by atoms with E-state index in [4.69, 9.17) is 0 Å². The molecule has 4 N–H and O–H groups in total. The molecule has 8 nitrogen and oxygen atoms in total. The van der Waals surface area contributed by atoms with Crippen molar-refractivity contribution in [1.82, 2.24) is 20.8 Å². The highest BCUT2D eigenvalue weighted by molar-refractivity contribution is 5.99. The second kappa shape index (κ2) is 11.5. The summed E-state index contributed by atoms with van der Waals surface area (Å²) in [5.74, 6) is -2.19. The number of benzene rings is 3. The molecule has 0 saturated heterocycles. The molecule has 1 aromatic heterocycles. The normalized spacial score (nSPS) is 12.7. The molecule has 0 fully saturated rings. The first-order valence-electron chi connectivity index (χ1n) is 12.0. The Kier molecular flexibility index (Phi) is 8.24. The fourth-order valence-electron chi connectivity index (χ4n) is 4.21. The third-order valence-electron chi connectivity index (χ3n) is 6.13. The monoisotopic (exact) mass is 580 g/mol. The zero-order valence-corrected chi connectivity index (χ0v) is 21.2. The van der Waals surface area contributed by atoms with E-state index < -0.39 is 48.0 Å². The van der Waals surface area contributed by atoms with E-state index in [9.17, 15) is 41.0 Å². The number of carbonyl (C=O) groups excluding carboxylic acids is 2. The van der Waals surface area contributed by atoms with Gasteiger partial charge in [-0.3, -0.25) is 14.7 Å². The Balaban J connectivity index is 1.63. The summed E-state index contributed by atoms with van der Waals surface area (Å²) in [5.41, 5.74) is -0.526. The van der Waals surface area contributed by atoms with E-state index in [2.05, 4.69) is 25.6 Å². The Morgan fingerprint density at radius 1 is 0.976 bits per heavy atom. The van der Waals surface area contributed by atoms with Gasteiger partial charge in [-0.2, -0.15) is 18.3 Å². The van der Waals surface area contributed by atoms with Crippen molar-refractivity contribution in [2.75, 3.05) is 13.7 Å². The van der Waals surface area contributed by atoms with Crippen LogP contribution in [-0.2, 0) is 12.6 Å². The summed E-state index contributed by atoms with van der Waals surface area (Å²) < 4.78 is 83.3. The van der Waals surface area contributed by atoms with Gasteiger partial charge < -0.3 is 20.5 Å². The molecule has 4 rings (SSSR count). The summed E-state index contributed by atoms with van der Waals surface area (Å²) in [5, 5.41) is 21.1. The molecule has 0 saturated carbocycles. The van der Waals surface area contributed by atoms with Crippen LogP contribution in [0.15, 0.2) is 60.7 Å². The number of aromatic nitrogens is 2. The number of aliphatic hydroxyl groups is 1. The number of H-pyrrole nitrogens is 1. The molecule has 0 radical (unpaired) electrons. The number of amides is 2. The molecule has 14 heteroatoms. The highest BCUT2D eigenvalue weighted by Crippen LogP contribution is 2.35. The van der Waals surface area contributed by atoms with Crippen LogP contribution >= 0.6 is 0 Å². The van der Waals surface area contributed by atoms with E-state index in [0.717, 1.165) is 18.2 Å². The van der Waals surface area contributed by atoms with Crippen LogP contribution in [-0.4, -0.2) is 53.2 Å². The lowest BCUT2D eigenvalue weighted by molar-refractivity contribution is -0.274. The summed E-state index contributed by atoms with van der Waals surface area (Å²) in [7, 11) is 1.45. The number of aliphatic hydroxyl groups excluding tert-OH is 1. The van der Waals surface area contributed by atoms with E-state index in [1.54, 1.807) is 12.1 Å². The van der Waals surface area contributed by atoms with Gasteiger partial charge in [0.1, 0.15) is 11.3 Å². The van der Waals surface area contributed by atoms with E-state index in [-0.39, 0.29) is 28.9 Å². The molecule has 1 unspecified atom stereocenters. The lowest BCUT2D eigenvalue weighted by atomic mass is 10.00. The topological polar surface area (TPSA) is 116 Å². The van der Waals surface area contributed by atoms with Crippen LogP contribution in [0, 0.1) is 0 Å². The van der Waals surface area contributed by atoms with Crippen LogP contribution in [0.2, 0.25) is 0 Å². The van der Waals surface area contributed by atoms with Gasteiger partial charge in [-0.25, -0.2) is 0 Å². The Morgan fingerprint density at radius 3 is 2.27 bits per heavy atom. The summed E-state index contributed by atoms with van der Waals surface area (Å²) in [6.45, 7) is -0.693. The lowest BCUT2D eigenvalue weighted by Crippen LogP contribution is -2.39. The van der Waals surface area contributed by atoms with Crippen LogP contribution < -0.4 is 15.4 Å². The zero-order chi connectivity index (χ0) is 29.9. The van der Waals surface area contributed by atoms with Gasteiger partial charge in [0.15, 0.2) is 0 Å². The minimum atomic E-state index is -5.12. The number of nitrogens with one attached hydrogen (secondary N) is 3. The van der Waals surface area contributed by atoms with Crippen LogP contribution in [0.5, 0.6) is 5.75 Å². The predicted molar refractivity (Wildman–Crippen MR) is 135 cm³/mol. The maximum Gasteiger partial charge on any atom is 0.573 e. The second-order valence-electron chi connectivity index (χ2n) is 8.87. The summed E-state index contributed by atoms with van der Waals surface area (Å²) in [4.78, 5) is 25.0. The number of rotatable bonds is 8.